The first-order valence-electron chi connectivity index (χ1n) is 14.7. The Morgan fingerprint density at radius 1 is 1.19 bits per heavy atom. The van der Waals surface area contributed by atoms with Crippen molar-refractivity contribution < 1.29 is 30.0 Å². The number of fused-ring (bicyclic) bond motifs is 3. The molecule has 2 fully saturated rings. The van der Waals surface area contributed by atoms with Crippen molar-refractivity contribution in [3.8, 4) is 5.75 Å². The van der Waals surface area contributed by atoms with Gasteiger partial charge in [-0.05, 0) is 25.7 Å². The van der Waals surface area contributed by atoms with E-state index < -0.39 is 57.7 Å². The number of aromatic hydroxyl groups is 1. The molecule has 225 valence electrons. The van der Waals surface area contributed by atoms with Crippen LogP contribution in [0.4, 0.5) is 5.69 Å². The molecule has 5 rings (SSSR count). The second-order valence-corrected chi connectivity index (χ2v) is 12.8. The molecule has 0 bridgehead atoms. The van der Waals surface area contributed by atoms with Gasteiger partial charge in [-0.1, -0.05) is 6.92 Å². The van der Waals surface area contributed by atoms with E-state index >= 15 is 0 Å². The third-order valence-corrected chi connectivity index (χ3v) is 9.98. The number of phenols is 1. The molecular weight excluding hydrogens is 535 g/mol. The Bertz CT molecular complexity index is 1430. The number of ketones is 1. The Hall–Kier alpha value is -3.15. The standard InChI is InChI=1S/C31H42BN4O6/c1-7-36(14(2)15-8-9-15)13-17-12-20(37)22-18(24(17)34(3)4)10-16-11-19-25(35(5)6)27(39)23(30(33)41)28(32)31(19,42)29(40)21(16)26(22)38/h12,14-16,19,25,37-39,42H,7-11,13H2,1-6H3,(H2,33,41)/t14-,16+,19+,25+,31-/m1/s1. The molecule has 0 aromatic heterocycles. The summed E-state index contributed by atoms with van der Waals surface area (Å²) in [6.45, 7) is 5.84. The normalized spacial score (nSPS) is 28.1. The number of primary amides is 1. The predicted octanol–water partition coefficient (Wildman–Crippen LogP) is 1.42. The second-order valence-electron chi connectivity index (χ2n) is 12.8. The quantitative estimate of drug-likeness (QED) is 0.289. The van der Waals surface area contributed by atoms with Gasteiger partial charge >= 0.3 is 216 Å². The molecule has 0 aliphatic heterocycles. The molecule has 5 atom stereocenters. The van der Waals surface area contributed by atoms with Crippen molar-refractivity contribution in [1.29, 1.82) is 0 Å². The molecule has 1 aromatic rings. The summed E-state index contributed by atoms with van der Waals surface area (Å²) in [5, 5.41) is 46.0. The van der Waals surface area contributed by atoms with Crippen LogP contribution in [0.25, 0.3) is 5.76 Å². The van der Waals surface area contributed by atoms with Crippen LogP contribution >= 0.6 is 0 Å². The number of nitrogens with two attached hydrogens (primary N) is 1. The Labute approximate surface area is 248 Å². The van der Waals surface area contributed by atoms with Gasteiger partial charge in [-0.25, -0.2) is 0 Å². The van der Waals surface area contributed by atoms with Crippen molar-refractivity contribution in [2.75, 3.05) is 39.6 Å². The monoisotopic (exact) mass is 577 g/mol. The molecule has 4 aliphatic rings. The number of anilines is 1. The van der Waals surface area contributed by atoms with E-state index in [1.807, 2.05) is 19.0 Å². The zero-order valence-corrected chi connectivity index (χ0v) is 25.3. The van der Waals surface area contributed by atoms with Gasteiger partial charge in [0.1, 0.15) is 0 Å². The summed E-state index contributed by atoms with van der Waals surface area (Å²) in [6, 6.07) is 1.14. The van der Waals surface area contributed by atoms with E-state index in [1.165, 1.54) is 12.8 Å². The molecule has 0 unspecified atom stereocenters. The van der Waals surface area contributed by atoms with Crippen molar-refractivity contribution in [2.45, 2.75) is 63.8 Å². The molecule has 0 spiro atoms. The van der Waals surface area contributed by atoms with Crippen molar-refractivity contribution in [3.63, 3.8) is 0 Å². The van der Waals surface area contributed by atoms with Crippen molar-refractivity contribution >= 4 is 36.1 Å². The van der Waals surface area contributed by atoms with Gasteiger partial charge in [0.05, 0.1) is 0 Å². The van der Waals surface area contributed by atoms with Crippen LogP contribution in [0.1, 0.15) is 49.8 Å². The van der Waals surface area contributed by atoms with Gasteiger partial charge < -0.3 is 0 Å². The van der Waals surface area contributed by atoms with E-state index in [1.54, 1.807) is 25.1 Å². The molecule has 1 radical (unpaired) electrons. The maximum atomic E-state index is 14.2. The molecule has 10 nitrogen and oxygen atoms in total. The van der Waals surface area contributed by atoms with Gasteiger partial charge in [0.2, 0.25) is 0 Å². The fourth-order valence-corrected chi connectivity index (χ4v) is 7.78. The maximum absolute atomic E-state index is 14.2. The number of aliphatic hydroxyl groups is 3. The minimum absolute atomic E-state index is 0.0442. The van der Waals surface area contributed by atoms with E-state index in [0.717, 1.165) is 23.4 Å². The van der Waals surface area contributed by atoms with Gasteiger partial charge in [0, 0.05) is 0 Å². The molecule has 1 aromatic carbocycles. The van der Waals surface area contributed by atoms with E-state index in [4.69, 9.17) is 13.2 Å². The summed E-state index contributed by atoms with van der Waals surface area (Å²) in [6.07, 6.45) is 2.94. The van der Waals surface area contributed by atoms with Gasteiger partial charge in [-0.15, -0.1) is 0 Å². The number of Topliss-reactive ketones (excluding diaryl/α,β-unsaturated/α-hetero) is 1. The number of rotatable bonds is 8. The second kappa shape index (κ2) is 10.5. The van der Waals surface area contributed by atoms with Gasteiger partial charge in [0.15, 0.2) is 0 Å². The molecule has 0 heterocycles. The van der Waals surface area contributed by atoms with Crippen LogP contribution in [0.5, 0.6) is 5.75 Å². The number of carbonyl (C=O) groups excluding carboxylic acids is 2. The fraction of sp³-hybridized carbons (Fsp3) is 0.581. The molecule has 2 saturated carbocycles. The van der Waals surface area contributed by atoms with E-state index in [2.05, 4.69) is 18.7 Å². The van der Waals surface area contributed by atoms with Crippen LogP contribution in [0.2, 0.25) is 0 Å². The first-order chi connectivity index (χ1) is 19.7. The number of aliphatic hydroxyl groups excluding tert-OH is 2. The first kappa shape index (κ1) is 30.3. The molecule has 42 heavy (non-hydrogen) atoms. The number of amides is 1. The van der Waals surface area contributed by atoms with Crippen LogP contribution in [-0.4, -0.2) is 107 Å². The summed E-state index contributed by atoms with van der Waals surface area (Å²) in [4.78, 5) is 32.5. The average molecular weight is 578 g/mol. The van der Waals surface area contributed by atoms with Crippen LogP contribution in [-0.2, 0) is 22.6 Å². The molecule has 6 N–H and O–H groups in total. The summed E-state index contributed by atoms with van der Waals surface area (Å²) in [5.74, 6) is -3.64. The fourth-order valence-electron chi connectivity index (χ4n) is 7.78. The Morgan fingerprint density at radius 2 is 1.83 bits per heavy atom. The van der Waals surface area contributed by atoms with E-state index in [-0.39, 0.29) is 23.3 Å². The zero-order chi connectivity index (χ0) is 31.0. The third kappa shape index (κ3) is 4.39. The van der Waals surface area contributed by atoms with E-state index in [9.17, 15) is 30.0 Å². The number of carbonyl (C=O) groups is 2. The molecule has 1 amide bonds. The molecule has 4 aliphatic carbocycles. The van der Waals surface area contributed by atoms with Gasteiger partial charge in [-0.3, -0.25) is 0 Å². The van der Waals surface area contributed by atoms with Crippen LogP contribution < -0.4 is 10.6 Å². The van der Waals surface area contributed by atoms with Crippen LogP contribution in [0, 0.1) is 17.8 Å². The minimum atomic E-state index is -2.39. The molecule has 11 heteroatoms. The average Bonchev–Trinajstić information content (AvgIpc) is 3.74. The topological polar surface area (TPSA) is 151 Å². The number of hydrogen-bond acceptors (Lipinski definition) is 9. The summed E-state index contributed by atoms with van der Waals surface area (Å²) >= 11 is 0. The Balaban J connectivity index is 1.65. The third-order valence-electron chi connectivity index (χ3n) is 9.98. The van der Waals surface area contributed by atoms with Crippen LogP contribution in [0.3, 0.4) is 0 Å². The zero-order valence-electron chi connectivity index (χ0n) is 25.3. The Morgan fingerprint density at radius 3 is 2.36 bits per heavy atom. The van der Waals surface area contributed by atoms with Crippen LogP contribution in [0.15, 0.2) is 23.0 Å². The Kier molecular flexibility index (Phi) is 7.61. The number of likely N-dealkylation sites (N-methyl/N-ethyl adjacent to an activating group) is 1. The predicted molar refractivity (Wildman–Crippen MR) is 163 cm³/mol. The van der Waals surface area contributed by atoms with Gasteiger partial charge in [-0.2, -0.15) is 0 Å². The number of phenolic OH excluding ortho intramolecular Hbond substituents is 1. The summed E-state index contributed by atoms with van der Waals surface area (Å²) < 4.78 is 0. The SMILES string of the molecule is [B]=C1C(C(N)=O)=C(O)[C@@H](N(C)C)[C@@H]2C[C@@H]3Cc4c(c(O)cc(CN(CC)[C@H](C)C5CC5)c4N(C)C)C(O)=C3C(=O)[C@]12O. The van der Waals surface area contributed by atoms with Gasteiger partial charge in [0.25, 0.3) is 0 Å². The summed E-state index contributed by atoms with van der Waals surface area (Å²) in [7, 11) is 13.4. The summed E-state index contributed by atoms with van der Waals surface area (Å²) in [5.41, 5.74) is 4.76. The number of benzene rings is 1. The van der Waals surface area contributed by atoms with Crippen molar-refractivity contribution in [3.05, 3.63) is 39.7 Å². The molecule has 0 saturated heterocycles. The van der Waals surface area contributed by atoms with E-state index in [0.29, 0.717) is 24.9 Å². The van der Waals surface area contributed by atoms with Crippen molar-refractivity contribution in [1.82, 2.24) is 9.80 Å². The number of hydrogen-bond donors (Lipinski definition) is 5. The first-order valence-corrected chi connectivity index (χ1v) is 14.7. The molecular formula is C31H42BN4O6. The van der Waals surface area contributed by atoms with Crippen molar-refractivity contribution in [2.24, 2.45) is 23.5 Å². The number of nitrogens with zero attached hydrogens (tertiary/aromatic N) is 3.